The highest BCUT2D eigenvalue weighted by atomic mass is 32.1. The molecule has 0 unspecified atom stereocenters. The Bertz CT molecular complexity index is 1190. The van der Waals surface area contributed by atoms with Gasteiger partial charge in [0.25, 0.3) is 11.6 Å². The predicted octanol–water partition coefficient (Wildman–Crippen LogP) is 3.41. The van der Waals surface area contributed by atoms with E-state index in [0.717, 1.165) is 49.5 Å². The van der Waals surface area contributed by atoms with Crippen molar-refractivity contribution in [3.63, 3.8) is 0 Å². The topological polar surface area (TPSA) is 101 Å². The summed E-state index contributed by atoms with van der Waals surface area (Å²) in [5.41, 5.74) is 1.56. The number of amides is 1. The van der Waals surface area contributed by atoms with E-state index in [9.17, 15) is 14.9 Å². The van der Waals surface area contributed by atoms with Crippen LogP contribution in [0.4, 0.5) is 16.5 Å². The average molecular weight is 512 g/mol. The number of benzene rings is 2. The molecule has 0 aliphatic carbocycles. The molecule has 2 aliphatic rings. The number of rotatable bonds is 8. The van der Waals surface area contributed by atoms with Crippen LogP contribution >= 0.6 is 11.3 Å². The highest BCUT2D eigenvalue weighted by Gasteiger charge is 2.27. The lowest BCUT2D eigenvalue weighted by molar-refractivity contribution is -0.384. The Morgan fingerprint density at radius 3 is 2.50 bits per heavy atom. The van der Waals surface area contributed by atoms with Crippen LogP contribution in [0, 0.1) is 10.1 Å². The quantitative estimate of drug-likeness (QED) is 0.335. The van der Waals surface area contributed by atoms with Crippen LogP contribution in [0.1, 0.15) is 16.8 Å². The van der Waals surface area contributed by atoms with Crippen LogP contribution in [0.5, 0.6) is 0 Å². The summed E-state index contributed by atoms with van der Waals surface area (Å²) < 4.78 is 11.8. The minimum atomic E-state index is -0.415. The van der Waals surface area contributed by atoms with Crippen molar-refractivity contribution in [3.8, 4) is 0 Å². The zero-order valence-corrected chi connectivity index (χ0v) is 20.8. The number of nitro benzene ring substituents is 1. The Kier molecular flexibility index (Phi) is 7.71. The maximum atomic E-state index is 13.8. The van der Waals surface area contributed by atoms with Gasteiger partial charge in [0, 0.05) is 50.9 Å². The molecule has 1 aromatic heterocycles. The first kappa shape index (κ1) is 24.6. The Labute approximate surface area is 213 Å². The molecule has 36 heavy (non-hydrogen) atoms. The molecule has 3 aromatic rings. The highest BCUT2D eigenvalue weighted by molar-refractivity contribution is 7.22. The summed E-state index contributed by atoms with van der Waals surface area (Å²) in [4.78, 5) is 35.9. The fourth-order valence-electron chi connectivity index (χ4n) is 4.57. The number of carbonyl (C=O) groups is 1. The highest BCUT2D eigenvalue weighted by Crippen LogP contribution is 2.33. The monoisotopic (exact) mass is 511 g/mol. The van der Waals surface area contributed by atoms with Crippen molar-refractivity contribution in [3.05, 3.63) is 58.1 Å². The predicted molar refractivity (Wildman–Crippen MR) is 139 cm³/mol. The fraction of sp³-hybridized carbons (Fsp3) is 0.440. The van der Waals surface area contributed by atoms with Gasteiger partial charge in [-0.3, -0.25) is 24.7 Å². The molecule has 0 saturated carbocycles. The van der Waals surface area contributed by atoms with Crippen LogP contribution in [0.3, 0.4) is 0 Å². The Balaban J connectivity index is 1.42. The number of hydrogen-bond donors (Lipinski definition) is 0. The average Bonchev–Trinajstić information content (AvgIpc) is 3.35. The number of morpholine rings is 2. The standard InChI is InChI=1S/C25H29N5O5S/c31-24(19-6-7-21(22(18-19)30(32)33)28-12-16-35-17-13-28)29(9-3-8-27-10-14-34-15-11-27)25-26-20-4-1-2-5-23(20)36-25/h1-2,4-7,18H,3,8-17H2. The van der Waals surface area contributed by atoms with Gasteiger partial charge in [0.15, 0.2) is 5.13 Å². The number of hydrogen-bond acceptors (Lipinski definition) is 9. The second-order valence-corrected chi connectivity index (χ2v) is 9.80. The first-order valence-electron chi connectivity index (χ1n) is 12.2. The van der Waals surface area contributed by atoms with E-state index in [1.165, 1.54) is 17.4 Å². The lowest BCUT2D eigenvalue weighted by Gasteiger charge is -2.29. The van der Waals surface area contributed by atoms with Gasteiger partial charge in [0.1, 0.15) is 5.69 Å². The van der Waals surface area contributed by atoms with Crippen molar-refractivity contribution in [2.75, 3.05) is 75.5 Å². The van der Waals surface area contributed by atoms with Crippen molar-refractivity contribution in [1.82, 2.24) is 9.88 Å². The van der Waals surface area contributed by atoms with Crippen LogP contribution in [-0.2, 0) is 9.47 Å². The van der Waals surface area contributed by atoms with Gasteiger partial charge in [0.05, 0.1) is 41.6 Å². The minimum absolute atomic E-state index is 0.0692. The van der Waals surface area contributed by atoms with Crippen LogP contribution in [-0.4, -0.2) is 86.4 Å². The first-order chi connectivity index (χ1) is 17.6. The van der Waals surface area contributed by atoms with Gasteiger partial charge >= 0.3 is 0 Å². The number of anilines is 2. The third-order valence-corrected chi connectivity index (χ3v) is 7.55. The number of thiazole rings is 1. The van der Waals surface area contributed by atoms with E-state index in [4.69, 9.17) is 14.5 Å². The second kappa shape index (κ2) is 11.3. The van der Waals surface area contributed by atoms with Crippen molar-refractivity contribution in [1.29, 1.82) is 0 Å². The van der Waals surface area contributed by atoms with Crippen molar-refractivity contribution >= 4 is 44.0 Å². The van der Waals surface area contributed by atoms with Gasteiger partial charge in [-0.25, -0.2) is 4.98 Å². The largest absolute Gasteiger partial charge is 0.379 e. The molecule has 0 N–H and O–H groups in total. The van der Waals surface area contributed by atoms with Gasteiger partial charge in [-0.05, 0) is 30.7 Å². The van der Waals surface area contributed by atoms with Crippen LogP contribution in [0.2, 0.25) is 0 Å². The van der Waals surface area contributed by atoms with E-state index in [-0.39, 0.29) is 17.2 Å². The molecule has 11 heteroatoms. The molecule has 190 valence electrons. The minimum Gasteiger partial charge on any atom is -0.379 e. The van der Waals surface area contributed by atoms with Crippen LogP contribution in [0.15, 0.2) is 42.5 Å². The molecule has 0 radical (unpaired) electrons. The summed E-state index contributed by atoms with van der Waals surface area (Å²) in [7, 11) is 0. The molecule has 2 aromatic carbocycles. The molecule has 2 aliphatic heterocycles. The van der Waals surface area contributed by atoms with E-state index in [1.807, 2.05) is 29.2 Å². The Morgan fingerprint density at radius 1 is 1.06 bits per heavy atom. The summed E-state index contributed by atoms with van der Waals surface area (Å²) in [5.74, 6) is -0.285. The van der Waals surface area contributed by atoms with E-state index in [2.05, 4.69) is 4.90 Å². The normalized spacial score (nSPS) is 16.8. The van der Waals surface area contributed by atoms with Gasteiger partial charge in [-0.2, -0.15) is 0 Å². The number of aromatic nitrogens is 1. The molecule has 3 heterocycles. The number of carbonyl (C=O) groups excluding carboxylic acids is 1. The number of fused-ring (bicyclic) bond motifs is 1. The zero-order chi connectivity index (χ0) is 24.9. The number of ether oxygens (including phenoxy) is 2. The van der Waals surface area contributed by atoms with Gasteiger partial charge in [-0.1, -0.05) is 23.5 Å². The molecule has 0 bridgehead atoms. The van der Waals surface area contributed by atoms with E-state index in [1.54, 1.807) is 17.0 Å². The smallest absolute Gasteiger partial charge is 0.293 e. The fourth-order valence-corrected chi connectivity index (χ4v) is 5.56. The summed E-state index contributed by atoms with van der Waals surface area (Å²) in [5, 5.41) is 12.5. The third kappa shape index (κ3) is 5.49. The van der Waals surface area contributed by atoms with Crippen molar-refractivity contribution in [2.24, 2.45) is 0 Å². The lowest BCUT2D eigenvalue weighted by Crippen LogP contribution is -2.39. The van der Waals surface area contributed by atoms with E-state index >= 15 is 0 Å². The number of para-hydroxylation sites is 1. The molecular formula is C25H29N5O5S. The molecule has 10 nitrogen and oxygen atoms in total. The molecular weight excluding hydrogens is 482 g/mol. The van der Waals surface area contributed by atoms with Gasteiger partial charge < -0.3 is 14.4 Å². The Hall–Kier alpha value is -3.12. The molecule has 5 rings (SSSR count). The second-order valence-electron chi connectivity index (χ2n) is 8.79. The van der Waals surface area contributed by atoms with Crippen LogP contribution < -0.4 is 9.80 Å². The first-order valence-corrected chi connectivity index (χ1v) is 13.0. The number of nitro groups is 1. The summed E-state index contributed by atoms with van der Waals surface area (Å²) >= 11 is 1.46. The summed E-state index contributed by atoms with van der Waals surface area (Å²) in [6.07, 6.45) is 0.760. The van der Waals surface area contributed by atoms with E-state index < -0.39 is 4.92 Å². The molecule has 2 saturated heterocycles. The van der Waals surface area contributed by atoms with Gasteiger partial charge in [-0.15, -0.1) is 0 Å². The lowest BCUT2D eigenvalue weighted by atomic mass is 10.1. The maximum Gasteiger partial charge on any atom is 0.293 e. The number of nitrogens with zero attached hydrogens (tertiary/aromatic N) is 5. The van der Waals surface area contributed by atoms with Crippen molar-refractivity contribution < 1.29 is 19.2 Å². The molecule has 1 amide bonds. The molecule has 2 fully saturated rings. The summed E-state index contributed by atoms with van der Waals surface area (Å²) in [6, 6.07) is 12.5. The molecule has 0 spiro atoms. The summed E-state index contributed by atoms with van der Waals surface area (Å²) in [6.45, 7) is 6.71. The molecule has 0 atom stereocenters. The SMILES string of the molecule is O=C(c1ccc(N2CCOCC2)c([N+](=O)[O-])c1)N(CCCN1CCOCC1)c1nc2ccccc2s1. The maximum absolute atomic E-state index is 13.8. The van der Waals surface area contributed by atoms with E-state index in [0.29, 0.717) is 43.7 Å². The van der Waals surface area contributed by atoms with Crippen LogP contribution in [0.25, 0.3) is 10.2 Å². The zero-order valence-electron chi connectivity index (χ0n) is 20.0. The Morgan fingerprint density at radius 2 is 1.78 bits per heavy atom. The van der Waals surface area contributed by atoms with Gasteiger partial charge in [0.2, 0.25) is 0 Å². The third-order valence-electron chi connectivity index (χ3n) is 6.49. The van der Waals surface area contributed by atoms with Crippen molar-refractivity contribution in [2.45, 2.75) is 6.42 Å².